The molecule has 5 heteroatoms. The largest absolute Gasteiger partial charge is 0.456 e. The van der Waals surface area contributed by atoms with Gasteiger partial charge in [0, 0.05) is 65.0 Å². The standard InChI is InChI=1S/C49H28N2O2S/c1-2-11-32-26-33(19-16-29(32)8-1)51(35-21-23-39-45(28-35)54-44-25-18-30-9-3-5-12-36(30)47(39)44)34-20-22-38-43(27-34)52-41-15-7-14-40(46(38)41)49-50-48-37-13-6-4-10-31(37)17-24-42(48)53-49/h1-28H. The van der Waals surface area contributed by atoms with E-state index < -0.39 is 0 Å². The molecule has 0 aliphatic heterocycles. The molecule has 3 heterocycles. The zero-order chi connectivity index (χ0) is 35.3. The fraction of sp³-hybridized carbons (Fsp3) is 0. The van der Waals surface area contributed by atoms with Crippen molar-refractivity contribution >= 4 is 114 Å². The molecule has 0 fully saturated rings. The third-order valence-electron chi connectivity index (χ3n) is 10.8. The van der Waals surface area contributed by atoms with Gasteiger partial charge >= 0.3 is 0 Å². The summed E-state index contributed by atoms with van der Waals surface area (Å²) in [5, 5.41) is 11.8. The Bertz CT molecular complexity index is 3480. The highest BCUT2D eigenvalue weighted by molar-refractivity contribution is 7.26. The molecule has 0 saturated heterocycles. The van der Waals surface area contributed by atoms with Gasteiger partial charge < -0.3 is 13.7 Å². The molecule has 54 heavy (non-hydrogen) atoms. The van der Waals surface area contributed by atoms with Gasteiger partial charge in [0.25, 0.3) is 0 Å². The maximum absolute atomic E-state index is 6.65. The van der Waals surface area contributed by atoms with E-state index in [1.165, 1.54) is 41.7 Å². The average molecular weight is 709 g/mol. The number of hydrogen-bond acceptors (Lipinski definition) is 5. The molecule has 0 radical (unpaired) electrons. The van der Waals surface area contributed by atoms with Gasteiger partial charge in [-0.1, -0.05) is 103 Å². The van der Waals surface area contributed by atoms with E-state index in [1.807, 2.05) is 41.7 Å². The lowest BCUT2D eigenvalue weighted by Crippen LogP contribution is -2.09. The van der Waals surface area contributed by atoms with Crippen LogP contribution < -0.4 is 4.90 Å². The van der Waals surface area contributed by atoms with Crippen LogP contribution in [0.15, 0.2) is 179 Å². The summed E-state index contributed by atoms with van der Waals surface area (Å²) in [6.07, 6.45) is 0. The maximum Gasteiger partial charge on any atom is 0.228 e. The Kier molecular flexibility index (Phi) is 6.18. The average Bonchev–Trinajstić information content (AvgIpc) is 3.94. The SMILES string of the molecule is c1ccc2cc(N(c3ccc4c(c3)oc3cccc(-c5nc6c(ccc7ccccc76)o5)c34)c3ccc4c(c3)sc3ccc5ccccc5c34)ccc2c1. The first-order valence-corrected chi connectivity index (χ1v) is 18.9. The number of benzene rings is 9. The van der Waals surface area contributed by atoms with Gasteiger partial charge in [0.1, 0.15) is 16.7 Å². The number of thiophene rings is 1. The van der Waals surface area contributed by atoms with Crippen LogP contribution in [-0.4, -0.2) is 4.98 Å². The van der Waals surface area contributed by atoms with E-state index in [1.54, 1.807) is 0 Å². The molecule has 0 unspecified atom stereocenters. The molecule has 0 aliphatic carbocycles. The van der Waals surface area contributed by atoms with E-state index in [9.17, 15) is 0 Å². The van der Waals surface area contributed by atoms with Crippen LogP contribution in [0.4, 0.5) is 17.1 Å². The van der Waals surface area contributed by atoms with E-state index in [-0.39, 0.29) is 0 Å². The molecular formula is C49H28N2O2S. The van der Waals surface area contributed by atoms with Gasteiger partial charge in [0.05, 0.1) is 0 Å². The van der Waals surface area contributed by atoms with Crippen molar-refractivity contribution in [2.45, 2.75) is 0 Å². The first-order chi connectivity index (χ1) is 26.7. The number of rotatable bonds is 4. The Morgan fingerprint density at radius 3 is 1.98 bits per heavy atom. The highest BCUT2D eigenvalue weighted by Gasteiger charge is 2.21. The number of hydrogen-bond donors (Lipinski definition) is 0. The monoisotopic (exact) mass is 708 g/mol. The van der Waals surface area contributed by atoms with Gasteiger partial charge in [-0.15, -0.1) is 11.3 Å². The summed E-state index contributed by atoms with van der Waals surface area (Å²) >= 11 is 1.85. The summed E-state index contributed by atoms with van der Waals surface area (Å²) in [4.78, 5) is 7.38. The Balaban J connectivity index is 1.04. The molecule has 4 nitrogen and oxygen atoms in total. The van der Waals surface area contributed by atoms with Crippen molar-refractivity contribution in [3.8, 4) is 11.5 Å². The molecular weight excluding hydrogens is 681 g/mol. The molecule has 0 atom stereocenters. The second-order valence-electron chi connectivity index (χ2n) is 13.9. The highest BCUT2D eigenvalue weighted by atomic mass is 32.1. The van der Waals surface area contributed by atoms with Crippen molar-refractivity contribution in [2.75, 3.05) is 4.90 Å². The van der Waals surface area contributed by atoms with Gasteiger partial charge in [-0.05, 0) is 87.6 Å². The van der Waals surface area contributed by atoms with E-state index in [2.05, 4.69) is 144 Å². The molecule has 0 spiro atoms. The van der Waals surface area contributed by atoms with Crippen LogP contribution in [0.25, 0.3) is 97.0 Å². The van der Waals surface area contributed by atoms with Crippen molar-refractivity contribution < 1.29 is 8.83 Å². The summed E-state index contributed by atoms with van der Waals surface area (Å²) in [5.41, 5.74) is 7.32. The van der Waals surface area contributed by atoms with Crippen LogP contribution in [-0.2, 0) is 0 Å². The summed E-state index contributed by atoms with van der Waals surface area (Å²) in [6, 6.07) is 60.3. The van der Waals surface area contributed by atoms with Crippen molar-refractivity contribution in [3.63, 3.8) is 0 Å². The number of furan rings is 1. The van der Waals surface area contributed by atoms with Gasteiger partial charge in [0.15, 0.2) is 5.58 Å². The molecule has 3 aromatic heterocycles. The minimum atomic E-state index is 0.584. The Hall–Kier alpha value is -6.95. The minimum absolute atomic E-state index is 0.584. The normalized spacial score (nSPS) is 12.1. The lowest BCUT2D eigenvalue weighted by Gasteiger charge is -2.26. The third kappa shape index (κ3) is 4.39. The second-order valence-corrected chi connectivity index (χ2v) is 15.0. The summed E-state index contributed by atoms with van der Waals surface area (Å²) in [6.45, 7) is 0. The first kappa shape index (κ1) is 29.6. The van der Waals surface area contributed by atoms with Crippen LogP contribution in [0.2, 0.25) is 0 Å². The van der Waals surface area contributed by atoms with E-state index >= 15 is 0 Å². The Morgan fingerprint density at radius 1 is 0.407 bits per heavy atom. The van der Waals surface area contributed by atoms with Crippen molar-refractivity contribution in [1.82, 2.24) is 4.98 Å². The van der Waals surface area contributed by atoms with Crippen molar-refractivity contribution in [3.05, 3.63) is 170 Å². The topological polar surface area (TPSA) is 42.4 Å². The molecule has 0 bridgehead atoms. The molecule has 0 saturated carbocycles. The Labute approximate surface area is 312 Å². The van der Waals surface area contributed by atoms with Crippen LogP contribution in [0.5, 0.6) is 0 Å². The number of oxazole rings is 1. The summed E-state index contributed by atoms with van der Waals surface area (Å²) < 4.78 is 15.6. The highest BCUT2D eigenvalue weighted by Crippen LogP contribution is 2.45. The first-order valence-electron chi connectivity index (χ1n) is 18.1. The molecule has 0 amide bonds. The number of aromatic nitrogens is 1. The Morgan fingerprint density at radius 2 is 1.09 bits per heavy atom. The lowest BCUT2D eigenvalue weighted by molar-refractivity contribution is 0.620. The number of nitrogens with zero attached hydrogens (tertiary/aromatic N) is 2. The zero-order valence-electron chi connectivity index (χ0n) is 28.8. The molecule has 0 N–H and O–H groups in total. The third-order valence-corrected chi connectivity index (χ3v) is 12.0. The summed E-state index contributed by atoms with van der Waals surface area (Å²) in [5.74, 6) is 0.584. The lowest BCUT2D eigenvalue weighted by atomic mass is 10.0. The minimum Gasteiger partial charge on any atom is -0.456 e. The van der Waals surface area contributed by atoms with Gasteiger partial charge in [-0.2, -0.15) is 0 Å². The molecule has 9 aromatic carbocycles. The fourth-order valence-corrected chi connectivity index (χ4v) is 9.50. The molecule has 0 aliphatic rings. The second kappa shape index (κ2) is 11.3. The maximum atomic E-state index is 6.65. The predicted octanol–water partition coefficient (Wildman–Crippen LogP) is 14.7. The summed E-state index contributed by atoms with van der Waals surface area (Å²) in [7, 11) is 0. The van der Waals surface area contributed by atoms with Crippen LogP contribution >= 0.6 is 11.3 Å². The quantitative estimate of drug-likeness (QED) is 0.183. The van der Waals surface area contributed by atoms with Crippen molar-refractivity contribution in [2.24, 2.45) is 0 Å². The van der Waals surface area contributed by atoms with Crippen LogP contribution in [0.1, 0.15) is 0 Å². The van der Waals surface area contributed by atoms with Crippen LogP contribution in [0.3, 0.4) is 0 Å². The van der Waals surface area contributed by atoms with Crippen molar-refractivity contribution in [1.29, 1.82) is 0 Å². The zero-order valence-corrected chi connectivity index (χ0v) is 29.6. The van der Waals surface area contributed by atoms with Gasteiger partial charge in [-0.3, -0.25) is 0 Å². The van der Waals surface area contributed by atoms with E-state index in [0.717, 1.165) is 66.4 Å². The van der Waals surface area contributed by atoms with Gasteiger partial charge in [0.2, 0.25) is 5.89 Å². The smallest absolute Gasteiger partial charge is 0.228 e. The van der Waals surface area contributed by atoms with Gasteiger partial charge in [-0.25, -0.2) is 4.98 Å². The molecule has 12 aromatic rings. The number of anilines is 3. The van der Waals surface area contributed by atoms with Crippen LogP contribution in [0, 0.1) is 0 Å². The van der Waals surface area contributed by atoms with E-state index in [4.69, 9.17) is 13.8 Å². The fourth-order valence-electron chi connectivity index (χ4n) is 8.35. The van der Waals surface area contributed by atoms with E-state index in [0.29, 0.717) is 5.89 Å². The molecule has 12 rings (SSSR count). The number of fused-ring (bicyclic) bond motifs is 12. The predicted molar refractivity (Wildman–Crippen MR) is 227 cm³/mol. The molecule has 252 valence electrons.